The molecule has 0 aliphatic heterocycles. The molecule has 3 N–H and O–H groups in total. The van der Waals surface area contributed by atoms with Gasteiger partial charge in [0.15, 0.2) is 5.96 Å². The van der Waals surface area contributed by atoms with E-state index in [0.717, 1.165) is 24.2 Å². The zero-order valence-corrected chi connectivity index (χ0v) is 13.7. The van der Waals surface area contributed by atoms with Gasteiger partial charge in [-0.3, -0.25) is 0 Å². The summed E-state index contributed by atoms with van der Waals surface area (Å²) in [6.07, 6.45) is 0. The minimum absolute atomic E-state index is 0.0192. The standard InChI is InChI=1S/C14H24N4O2S/c1-4-18(5-2)14(15)17-10-12-6-8-13(9-7-12)11-21(19,20)16-3/h6-9,16H,4-5,10-11H2,1-3H3,(H2,15,17). The van der Waals surface area contributed by atoms with Crippen molar-refractivity contribution in [3.8, 4) is 0 Å². The highest BCUT2D eigenvalue weighted by atomic mass is 32.2. The van der Waals surface area contributed by atoms with Crippen molar-refractivity contribution >= 4 is 16.0 Å². The lowest BCUT2D eigenvalue weighted by atomic mass is 10.1. The maximum atomic E-state index is 11.5. The number of aliphatic imine (C=N–C) groups is 1. The summed E-state index contributed by atoms with van der Waals surface area (Å²) in [6, 6.07) is 7.35. The molecule has 118 valence electrons. The molecule has 0 fully saturated rings. The van der Waals surface area contributed by atoms with Gasteiger partial charge in [0.2, 0.25) is 10.0 Å². The average Bonchev–Trinajstić information content (AvgIpc) is 2.47. The summed E-state index contributed by atoms with van der Waals surface area (Å²) in [5, 5.41) is 0. The fraction of sp³-hybridized carbons (Fsp3) is 0.500. The Bertz CT molecular complexity index is 563. The van der Waals surface area contributed by atoms with Crippen molar-refractivity contribution in [2.75, 3.05) is 20.1 Å². The van der Waals surface area contributed by atoms with E-state index in [4.69, 9.17) is 5.73 Å². The van der Waals surface area contributed by atoms with Crippen LogP contribution in [0.5, 0.6) is 0 Å². The van der Waals surface area contributed by atoms with E-state index in [2.05, 4.69) is 9.71 Å². The molecule has 0 unspecified atom stereocenters. The van der Waals surface area contributed by atoms with Crippen molar-refractivity contribution in [1.29, 1.82) is 0 Å². The maximum absolute atomic E-state index is 11.5. The van der Waals surface area contributed by atoms with Crippen LogP contribution in [0.4, 0.5) is 0 Å². The van der Waals surface area contributed by atoms with E-state index in [-0.39, 0.29) is 5.75 Å². The Morgan fingerprint density at radius 3 is 2.19 bits per heavy atom. The molecule has 1 aromatic carbocycles. The molecule has 7 heteroatoms. The van der Waals surface area contributed by atoms with Crippen LogP contribution in [0.2, 0.25) is 0 Å². The van der Waals surface area contributed by atoms with Gasteiger partial charge in [-0.1, -0.05) is 24.3 Å². The van der Waals surface area contributed by atoms with Crippen LogP contribution in [0.25, 0.3) is 0 Å². The third-order valence-corrected chi connectivity index (χ3v) is 4.54. The summed E-state index contributed by atoms with van der Waals surface area (Å²) >= 11 is 0. The van der Waals surface area contributed by atoms with Gasteiger partial charge >= 0.3 is 0 Å². The van der Waals surface area contributed by atoms with Crippen LogP contribution in [0.3, 0.4) is 0 Å². The monoisotopic (exact) mass is 312 g/mol. The fourth-order valence-electron chi connectivity index (χ4n) is 1.85. The molecule has 0 saturated carbocycles. The molecule has 6 nitrogen and oxygen atoms in total. The first kappa shape index (κ1) is 17.5. The van der Waals surface area contributed by atoms with Gasteiger partial charge in [0, 0.05) is 13.1 Å². The fourth-order valence-corrected chi connectivity index (χ4v) is 2.63. The highest BCUT2D eigenvalue weighted by molar-refractivity contribution is 7.88. The smallest absolute Gasteiger partial charge is 0.215 e. The van der Waals surface area contributed by atoms with Crippen molar-refractivity contribution in [2.24, 2.45) is 10.7 Å². The number of sulfonamides is 1. The molecule has 0 heterocycles. The number of guanidine groups is 1. The summed E-state index contributed by atoms with van der Waals surface area (Å²) in [6.45, 7) is 6.20. The summed E-state index contributed by atoms with van der Waals surface area (Å²) in [5.74, 6) is 0.510. The van der Waals surface area contributed by atoms with E-state index in [1.54, 1.807) is 12.1 Å². The maximum Gasteiger partial charge on any atom is 0.215 e. The summed E-state index contributed by atoms with van der Waals surface area (Å²) < 4.78 is 25.2. The van der Waals surface area contributed by atoms with E-state index in [1.165, 1.54) is 7.05 Å². The minimum atomic E-state index is -3.23. The molecule has 1 aromatic rings. The van der Waals surface area contributed by atoms with Crippen LogP contribution in [-0.2, 0) is 22.3 Å². The first-order valence-corrected chi connectivity index (χ1v) is 8.61. The number of hydrogen-bond donors (Lipinski definition) is 2. The molecular formula is C14H24N4O2S. The molecule has 0 saturated heterocycles. The van der Waals surface area contributed by atoms with Gasteiger partial charge < -0.3 is 10.6 Å². The topological polar surface area (TPSA) is 87.8 Å². The number of benzene rings is 1. The van der Waals surface area contributed by atoms with E-state index < -0.39 is 10.0 Å². The zero-order valence-electron chi connectivity index (χ0n) is 12.8. The Balaban J connectivity index is 2.69. The number of nitrogens with one attached hydrogen (secondary N) is 1. The quantitative estimate of drug-likeness (QED) is 0.578. The average molecular weight is 312 g/mol. The predicted molar refractivity (Wildman–Crippen MR) is 86.4 cm³/mol. The Morgan fingerprint density at radius 2 is 1.71 bits per heavy atom. The van der Waals surface area contributed by atoms with E-state index in [9.17, 15) is 8.42 Å². The molecule has 0 amide bonds. The number of nitrogens with zero attached hydrogens (tertiary/aromatic N) is 2. The van der Waals surface area contributed by atoms with Crippen LogP contribution in [-0.4, -0.2) is 39.4 Å². The summed E-state index contributed by atoms with van der Waals surface area (Å²) in [5.41, 5.74) is 7.65. The second-order valence-corrected chi connectivity index (χ2v) is 6.55. The number of hydrogen-bond acceptors (Lipinski definition) is 3. The van der Waals surface area contributed by atoms with E-state index in [0.29, 0.717) is 12.5 Å². The van der Waals surface area contributed by atoms with Gasteiger partial charge in [-0.25, -0.2) is 18.1 Å². The van der Waals surface area contributed by atoms with E-state index >= 15 is 0 Å². The molecule has 0 bridgehead atoms. The van der Waals surface area contributed by atoms with Crippen LogP contribution in [0.15, 0.2) is 29.3 Å². The van der Waals surface area contributed by atoms with Crippen molar-refractivity contribution in [1.82, 2.24) is 9.62 Å². The number of rotatable bonds is 7. The Morgan fingerprint density at radius 1 is 1.19 bits per heavy atom. The Kier molecular flexibility index (Phi) is 6.64. The largest absolute Gasteiger partial charge is 0.370 e. The molecule has 0 aliphatic carbocycles. The predicted octanol–water partition coefficient (Wildman–Crippen LogP) is 0.892. The molecule has 0 spiro atoms. The lowest BCUT2D eigenvalue weighted by molar-refractivity contribution is 0.458. The van der Waals surface area contributed by atoms with Gasteiger partial charge in [-0.05, 0) is 32.0 Å². The second kappa shape index (κ2) is 7.99. The lowest BCUT2D eigenvalue weighted by Gasteiger charge is -2.19. The SMILES string of the molecule is CCN(CC)C(N)=NCc1ccc(CS(=O)(=O)NC)cc1. The zero-order chi connectivity index (χ0) is 15.9. The first-order chi connectivity index (χ1) is 9.91. The molecule has 0 aliphatic rings. The molecule has 0 aromatic heterocycles. The van der Waals surface area contributed by atoms with Crippen molar-refractivity contribution in [3.63, 3.8) is 0 Å². The number of nitrogens with two attached hydrogens (primary N) is 1. The van der Waals surface area contributed by atoms with Gasteiger partial charge in [0.1, 0.15) is 0 Å². The molecule has 21 heavy (non-hydrogen) atoms. The van der Waals surface area contributed by atoms with Gasteiger partial charge in [-0.2, -0.15) is 0 Å². The highest BCUT2D eigenvalue weighted by Gasteiger charge is 2.08. The van der Waals surface area contributed by atoms with Gasteiger partial charge in [0.25, 0.3) is 0 Å². The minimum Gasteiger partial charge on any atom is -0.370 e. The molecule has 0 radical (unpaired) electrons. The molecular weight excluding hydrogens is 288 g/mol. The molecule has 1 rings (SSSR count). The first-order valence-electron chi connectivity index (χ1n) is 6.95. The third-order valence-electron chi connectivity index (χ3n) is 3.20. The van der Waals surface area contributed by atoms with Crippen molar-refractivity contribution in [2.45, 2.75) is 26.1 Å². The van der Waals surface area contributed by atoms with Crippen molar-refractivity contribution < 1.29 is 8.42 Å². The second-order valence-electron chi connectivity index (χ2n) is 4.63. The van der Waals surface area contributed by atoms with Crippen LogP contribution in [0.1, 0.15) is 25.0 Å². The molecule has 0 atom stereocenters. The van der Waals surface area contributed by atoms with E-state index in [1.807, 2.05) is 30.9 Å². The van der Waals surface area contributed by atoms with Gasteiger partial charge in [-0.15, -0.1) is 0 Å². The summed E-state index contributed by atoms with van der Waals surface area (Å²) in [7, 11) is -1.82. The highest BCUT2D eigenvalue weighted by Crippen LogP contribution is 2.08. The lowest BCUT2D eigenvalue weighted by Crippen LogP contribution is -2.37. The van der Waals surface area contributed by atoms with Crippen LogP contribution in [0, 0.1) is 0 Å². The van der Waals surface area contributed by atoms with Crippen molar-refractivity contribution in [3.05, 3.63) is 35.4 Å². The van der Waals surface area contributed by atoms with Crippen LogP contribution >= 0.6 is 0 Å². The normalized spacial score (nSPS) is 12.4. The van der Waals surface area contributed by atoms with Crippen LogP contribution < -0.4 is 10.5 Å². The third kappa shape index (κ3) is 5.73. The Labute approximate surface area is 127 Å². The summed E-state index contributed by atoms with van der Waals surface area (Å²) in [4.78, 5) is 6.33. The van der Waals surface area contributed by atoms with Gasteiger partial charge in [0.05, 0.1) is 12.3 Å². The Hall–Kier alpha value is -1.60.